The number of benzene rings is 8. The van der Waals surface area contributed by atoms with Crippen molar-refractivity contribution in [1.82, 2.24) is 19.5 Å². The van der Waals surface area contributed by atoms with Crippen LogP contribution in [-0.2, 0) is 0 Å². The summed E-state index contributed by atoms with van der Waals surface area (Å²) in [6, 6.07) is 72.6. The van der Waals surface area contributed by atoms with Gasteiger partial charge in [-0.2, -0.15) is 0 Å². The minimum absolute atomic E-state index is 0.631. The van der Waals surface area contributed by atoms with Gasteiger partial charge in [0.05, 0.1) is 11.0 Å². The number of para-hydroxylation sites is 1. The zero-order valence-electron chi connectivity index (χ0n) is 31.3. The number of hydrogen-bond donors (Lipinski definition) is 0. The van der Waals surface area contributed by atoms with Gasteiger partial charge in [0.1, 0.15) is 0 Å². The molecule has 0 bridgehead atoms. The Balaban J connectivity index is 1.04. The Morgan fingerprint density at radius 1 is 0.328 bits per heavy atom. The van der Waals surface area contributed by atoms with Gasteiger partial charge in [-0.25, -0.2) is 15.0 Å². The van der Waals surface area contributed by atoms with Gasteiger partial charge in [0.15, 0.2) is 17.5 Å². The third-order valence-corrected chi connectivity index (χ3v) is 12.2. The summed E-state index contributed by atoms with van der Waals surface area (Å²) in [7, 11) is 0. The smallest absolute Gasteiger partial charge is 0.164 e. The number of thiophene rings is 1. The molecular weight excluding hydrogens is 725 g/mol. The summed E-state index contributed by atoms with van der Waals surface area (Å²) in [5, 5.41) is 3.78. The zero-order valence-corrected chi connectivity index (χ0v) is 32.1. The fraction of sp³-hybridized carbons (Fsp3) is 0. The SMILES string of the molecule is c1ccc(-c2ccc(-c3nc(-c4ccccc4)nc(-c4ccc(-n5c6ccccc6c6c7sc(-c8ccccc8)c(-c8ccccc8)c7ccc65)cc4)n3)cc2)cc1. The highest BCUT2D eigenvalue weighted by Crippen LogP contribution is 2.49. The van der Waals surface area contributed by atoms with Crippen LogP contribution in [-0.4, -0.2) is 19.5 Å². The molecule has 0 spiro atoms. The molecule has 0 aliphatic heterocycles. The third-order valence-electron chi connectivity index (χ3n) is 10.9. The van der Waals surface area contributed by atoms with E-state index in [1.165, 1.54) is 59.0 Å². The van der Waals surface area contributed by atoms with Gasteiger partial charge in [0, 0.05) is 53.7 Å². The van der Waals surface area contributed by atoms with Gasteiger partial charge in [-0.1, -0.05) is 170 Å². The summed E-state index contributed by atoms with van der Waals surface area (Å²) in [4.78, 5) is 16.3. The van der Waals surface area contributed by atoms with Crippen LogP contribution >= 0.6 is 11.3 Å². The van der Waals surface area contributed by atoms with Crippen LogP contribution in [0.3, 0.4) is 0 Å². The average molecular weight is 759 g/mol. The van der Waals surface area contributed by atoms with Crippen molar-refractivity contribution >= 4 is 43.2 Å². The van der Waals surface area contributed by atoms with Gasteiger partial charge in [0.2, 0.25) is 0 Å². The minimum Gasteiger partial charge on any atom is -0.309 e. The molecule has 0 amide bonds. The topological polar surface area (TPSA) is 43.6 Å². The maximum absolute atomic E-state index is 5.06. The van der Waals surface area contributed by atoms with E-state index >= 15 is 0 Å². The molecule has 0 atom stereocenters. The van der Waals surface area contributed by atoms with Crippen LogP contribution in [0, 0.1) is 0 Å². The van der Waals surface area contributed by atoms with Gasteiger partial charge in [-0.05, 0) is 58.7 Å². The monoisotopic (exact) mass is 758 g/mol. The first kappa shape index (κ1) is 33.8. The lowest BCUT2D eigenvalue weighted by Crippen LogP contribution is -2.00. The van der Waals surface area contributed by atoms with E-state index in [-0.39, 0.29) is 0 Å². The van der Waals surface area contributed by atoms with E-state index in [1.807, 2.05) is 47.7 Å². The molecule has 0 saturated heterocycles. The Morgan fingerprint density at radius 3 is 1.38 bits per heavy atom. The highest BCUT2D eigenvalue weighted by Gasteiger charge is 2.22. The lowest BCUT2D eigenvalue weighted by molar-refractivity contribution is 1.07. The Hall–Kier alpha value is -7.47. The second kappa shape index (κ2) is 14.2. The lowest BCUT2D eigenvalue weighted by Gasteiger charge is -2.11. The van der Waals surface area contributed by atoms with E-state index in [2.05, 4.69) is 174 Å². The maximum Gasteiger partial charge on any atom is 0.164 e. The number of fused-ring (bicyclic) bond motifs is 5. The van der Waals surface area contributed by atoms with E-state index in [9.17, 15) is 0 Å². The molecule has 8 aromatic carbocycles. The quantitative estimate of drug-likeness (QED) is 0.163. The van der Waals surface area contributed by atoms with Crippen LogP contribution in [0.2, 0.25) is 0 Å². The molecule has 0 aliphatic carbocycles. The molecule has 58 heavy (non-hydrogen) atoms. The highest BCUT2D eigenvalue weighted by atomic mass is 32.1. The number of hydrogen-bond acceptors (Lipinski definition) is 4. The van der Waals surface area contributed by atoms with Crippen LogP contribution in [0.15, 0.2) is 206 Å². The van der Waals surface area contributed by atoms with Gasteiger partial charge < -0.3 is 4.57 Å². The molecule has 272 valence electrons. The molecule has 5 heteroatoms. The van der Waals surface area contributed by atoms with Crippen molar-refractivity contribution < 1.29 is 0 Å². The normalized spacial score (nSPS) is 11.4. The minimum atomic E-state index is 0.631. The second-order valence-electron chi connectivity index (χ2n) is 14.4. The van der Waals surface area contributed by atoms with Crippen LogP contribution in [0.4, 0.5) is 0 Å². The fourth-order valence-electron chi connectivity index (χ4n) is 8.12. The van der Waals surface area contributed by atoms with Crippen molar-refractivity contribution in [1.29, 1.82) is 0 Å². The predicted octanol–water partition coefficient (Wildman–Crippen LogP) is 14.2. The van der Waals surface area contributed by atoms with Gasteiger partial charge in [-0.15, -0.1) is 11.3 Å². The summed E-state index contributed by atoms with van der Waals surface area (Å²) in [6.07, 6.45) is 0. The van der Waals surface area contributed by atoms with E-state index in [0.717, 1.165) is 27.9 Å². The zero-order chi connectivity index (χ0) is 38.4. The Labute approximate surface area is 340 Å². The molecule has 11 rings (SSSR count). The summed E-state index contributed by atoms with van der Waals surface area (Å²) in [5.74, 6) is 1.91. The number of aromatic nitrogens is 4. The van der Waals surface area contributed by atoms with E-state index < -0.39 is 0 Å². The predicted molar refractivity (Wildman–Crippen MR) is 242 cm³/mol. The molecular formula is C53H34N4S. The number of nitrogens with zero attached hydrogens (tertiary/aromatic N) is 4. The van der Waals surface area contributed by atoms with Crippen LogP contribution in [0.1, 0.15) is 0 Å². The standard InChI is InChI=1S/C53H34N4S/c1-5-15-35(16-6-1)36-25-27-40(28-26-36)52-54-51(39-21-11-4-12-22-39)55-53(56-52)41-29-31-42(32-30-41)57-45-24-14-13-23-43(45)48-46(57)34-33-44-47(37-17-7-2-8-18-37)49(58-50(44)48)38-19-9-3-10-20-38/h1-34H. The van der Waals surface area contributed by atoms with E-state index in [1.54, 1.807) is 0 Å². The molecule has 0 fully saturated rings. The molecule has 3 heterocycles. The van der Waals surface area contributed by atoms with E-state index in [4.69, 9.17) is 15.0 Å². The second-order valence-corrected chi connectivity index (χ2v) is 15.4. The molecule has 0 aliphatic rings. The summed E-state index contributed by atoms with van der Waals surface area (Å²) < 4.78 is 3.69. The lowest BCUT2D eigenvalue weighted by atomic mass is 9.98. The van der Waals surface area contributed by atoms with Crippen LogP contribution < -0.4 is 0 Å². The third kappa shape index (κ3) is 5.88. The number of rotatable bonds is 7. The molecule has 0 radical (unpaired) electrons. The van der Waals surface area contributed by atoms with Crippen molar-refractivity contribution in [3.63, 3.8) is 0 Å². The van der Waals surface area contributed by atoms with Crippen molar-refractivity contribution in [3.05, 3.63) is 206 Å². The molecule has 0 unspecified atom stereocenters. The summed E-state index contributed by atoms with van der Waals surface area (Å²) in [6.45, 7) is 0. The van der Waals surface area contributed by atoms with Crippen molar-refractivity contribution in [3.8, 4) is 72.5 Å². The Bertz CT molecular complexity index is 3230. The fourth-order valence-corrected chi connectivity index (χ4v) is 9.51. The van der Waals surface area contributed by atoms with E-state index in [0.29, 0.717) is 17.5 Å². The first-order valence-electron chi connectivity index (χ1n) is 19.4. The van der Waals surface area contributed by atoms with Crippen LogP contribution in [0.5, 0.6) is 0 Å². The molecule has 11 aromatic rings. The van der Waals surface area contributed by atoms with Gasteiger partial charge >= 0.3 is 0 Å². The largest absolute Gasteiger partial charge is 0.309 e. The van der Waals surface area contributed by atoms with Gasteiger partial charge in [0.25, 0.3) is 0 Å². The summed E-state index contributed by atoms with van der Waals surface area (Å²) in [5.41, 5.74) is 12.3. The highest BCUT2D eigenvalue weighted by molar-refractivity contribution is 7.24. The van der Waals surface area contributed by atoms with Crippen molar-refractivity contribution in [2.75, 3.05) is 0 Å². The molecule has 0 saturated carbocycles. The maximum atomic E-state index is 5.06. The first-order chi connectivity index (χ1) is 28.8. The Kier molecular flexibility index (Phi) is 8.30. The molecule has 0 N–H and O–H groups in total. The molecule has 3 aromatic heterocycles. The summed E-state index contributed by atoms with van der Waals surface area (Å²) >= 11 is 1.89. The van der Waals surface area contributed by atoms with Gasteiger partial charge in [-0.3, -0.25) is 0 Å². The molecule has 4 nitrogen and oxygen atoms in total. The Morgan fingerprint density at radius 2 is 0.776 bits per heavy atom. The first-order valence-corrected chi connectivity index (χ1v) is 20.3. The van der Waals surface area contributed by atoms with Crippen molar-refractivity contribution in [2.45, 2.75) is 0 Å². The van der Waals surface area contributed by atoms with Crippen LogP contribution in [0.25, 0.3) is 104 Å². The average Bonchev–Trinajstić information content (AvgIpc) is 3.87. The van der Waals surface area contributed by atoms with Crippen molar-refractivity contribution in [2.24, 2.45) is 0 Å².